The number of carbonyl (C=O) groups excluding carboxylic acids is 3. The lowest BCUT2D eigenvalue weighted by molar-refractivity contribution is -0.133. The van der Waals surface area contributed by atoms with Crippen LogP contribution in [0.4, 0.5) is 4.79 Å². The highest BCUT2D eigenvalue weighted by Gasteiger charge is 2.52. The molecule has 1 aromatic heterocycles. The summed E-state index contributed by atoms with van der Waals surface area (Å²) in [4.78, 5) is 36.7. The van der Waals surface area contributed by atoms with Crippen LogP contribution >= 0.6 is 11.6 Å². The van der Waals surface area contributed by atoms with Crippen molar-refractivity contribution in [1.82, 2.24) is 15.8 Å². The van der Waals surface area contributed by atoms with E-state index in [-0.39, 0.29) is 11.3 Å². The normalized spacial score (nSPS) is 20.5. The average molecular weight is 334 g/mol. The lowest BCUT2D eigenvalue weighted by atomic mass is 10.00. The van der Waals surface area contributed by atoms with Crippen molar-refractivity contribution in [3.8, 4) is 0 Å². The first kappa shape index (κ1) is 15.1. The van der Waals surface area contributed by atoms with E-state index in [1.165, 1.54) is 37.5 Å². The summed E-state index contributed by atoms with van der Waals surface area (Å²) in [5.74, 6) is -0.965. The number of amides is 4. The van der Waals surface area contributed by atoms with Crippen LogP contribution in [0.15, 0.2) is 47.1 Å². The molecule has 0 saturated carbocycles. The van der Waals surface area contributed by atoms with Crippen LogP contribution < -0.4 is 10.7 Å². The zero-order chi connectivity index (χ0) is 16.6. The molecule has 23 heavy (non-hydrogen) atoms. The van der Waals surface area contributed by atoms with Crippen molar-refractivity contribution >= 4 is 29.4 Å². The maximum absolute atomic E-state index is 12.5. The standard InChI is InChI=1S/C15H12ClN3O4/c1-15(11-3-2-8-23-11)13(21)19(14(22)17-15)18-12(20)9-4-6-10(16)7-5-9/h2-8H,1H3,(H,17,22)(H,18,20). The van der Waals surface area contributed by atoms with E-state index in [0.717, 1.165) is 0 Å². The van der Waals surface area contributed by atoms with E-state index in [2.05, 4.69) is 10.7 Å². The molecule has 2 heterocycles. The van der Waals surface area contributed by atoms with E-state index in [0.29, 0.717) is 10.0 Å². The molecule has 3 rings (SSSR count). The number of nitrogens with one attached hydrogen (secondary N) is 2. The van der Waals surface area contributed by atoms with Gasteiger partial charge in [0.25, 0.3) is 11.8 Å². The van der Waals surface area contributed by atoms with Crippen LogP contribution in [0.5, 0.6) is 0 Å². The van der Waals surface area contributed by atoms with Gasteiger partial charge in [0.1, 0.15) is 5.76 Å². The van der Waals surface area contributed by atoms with Gasteiger partial charge in [-0.25, -0.2) is 4.79 Å². The number of urea groups is 1. The number of hydrazine groups is 1. The molecule has 2 aromatic rings. The topological polar surface area (TPSA) is 91.7 Å². The molecule has 7 nitrogen and oxygen atoms in total. The van der Waals surface area contributed by atoms with Gasteiger partial charge in [0.05, 0.1) is 6.26 Å². The third-order valence-electron chi connectivity index (χ3n) is 3.52. The van der Waals surface area contributed by atoms with Crippen LogP contribution in [0.25, 0.3) is 0 Å². The summed E-state index contributed by atoms with van der Waals surface area (Å²) in [5, 5.41) is 3.62. The molecule has 0 bridgehead atoms. The van der Waals surface area contributed by atoms with Crippen molar-refractivity contribution in [3.63, 3.8) is 0 Å². The molecule has 1 atom stereocenters. The SMILES string of the molecule is CC1(c2ccco2)NC(=O)N(NC(=O)c2ccc(Cl)cc2)C1=O. The van der Waals surface area contributed by atoms with E-state index < -0.39 is 23.4 Å². The van der Waals surface area contributed by atoms with E-state index in [4.69, 9.17) is 16.0 Å². The zero-order valence-corrected chi connectivity index (χ0v) is 12.8. The van der Waals surface area contributed by atoms with Crippen molar-refractivity contribution in [2.24, 2.45) is 0 Å². The number of furan rings is 1. The second-order valence-corrected chi connectivity index (χ2v) is 5.56. The second kappa shape index (κ2) is 5.44. The second-order valence-electron chi connectivity index (χ2n) is 5.12. The van der Waals surface area contributed by atoms with Crippen LogP contribution in [0.3, 0.4) is 0 Å². The molecule has 4 amide bonds. The maximum atomic E-state index is 12.5. The summed E-state index contributed by atoms with van der Waals surface area (Å²) in [6.45, 7) is 1.50. The van der Waals surface area contributed by atoms with Crippen molar-refractivity contribution in [2.45, 2.75) is 12.5 Å². The number of nitrogens with zero attached hydrogens (tertiary/aromatic N) is 1. The summed E-state index contributed by atoms with van der Waals surface area (Å²) < 4.78 is 5.20. The Morgan fingerprint density at radius 3 is 2.57 bits per heavy atom. The lowest BCUT2D eigenvalue weighted by Crippen LogP contribution is -2.47. The molecule has 2 N–H and O–H groups in total. The van der Waals surface area contributed by atoms with E-state index in [1.54, 1.807) is 12.1 Å². The third-order valence-corrected chi connectivity index (χ3v) is 3.78. The molecule has 0 spiro atoms. The number of halogens is 1. The molecule has 1 aromatic carbocycles. The lowest BCUT2D eigenvalue weighted by Gasteiger charge is -2.19. The zero-order valence-electron chi connectivity index (χ0n) is 12.0. The summed E-state index contributed by atoms with van der Waals surface area (Å²) in [6, 6.07) is 8.49. The molecular formula is C15H12ClN3O4. The predicted molar refractivity (Wildman–Crippen MR) is 80.4 cm³/mol. The van der Waals surface area contributed by atoms with Gasteiger partial charge in [-0.15, -0.1) is 0 Å². The van der Waals surface area contributed by atoms with Crippen molar-refractivity contribution in [1.29, 1.82) is 0 Å². The Bertz CT molecular complexity index is 773. The maximum Gasteiger partial charge on any atom is 0.344 e. The van der Waals surface area contributed by atoms with Crippen molar-refractivity contribution in [3.05, 3.63) is 59.0 Å². The van der Waals surface area contributed by atoms with Gasteiger partial charge < -0.3 is 9.73 Å². The molecule has 1 aliphatic heterocycles. The summed E-state index contributed by atoms with van der Waals surface area (Å²) in [6.07, 6.45) is 1.40. The monoisotopic (exact) mass is 333 g/mol. The van der Waals surface area contributed by atoms with Gasteiger partial charge in [0.15, 0.2) is 5.54 Å². The molecule has 1 fully saturated rings. The minimum atomic E-state index is -1.37. The summed E-state index contributed by atoms with van der Waals surface area (Å²) in [5.41, 5.74) is 1.18. The fourth-order valence-corrected chi connectivity index (χ4v) is 2.36. The van der Waals surface area contributed by atoms with Crippen LogP contribution in [0.1, 0.15) is 23.0 Å². The fourth-order valence-electron chi connectivity index (χ4n) is 2.24. The first-order valence-corrected chi connectivity index (χ1v) is 7.07. The van der Waals surface area contributed by atoms with Crippen LogP contribution in [-0.2, 0) is 10.3 Å². The quantitative estimate of drug-likeness (QED) is 0.841. The van der Waals surface area contributed by atoms with E-state index in [9.17, 15) is 14.4 Å². The molecule has 8 heteroatoms. The van der Waals surface area contributed by atoms with Crippen LogP contribution in [-0.4, -0.2) is 22.9 Å². The predicted octanol–water partition coefficient (Wildman–Crippen LogP) is 2.04. The van der Waals surface area contributed by atoms with Gasteiger partial charge in [0.2, 0.25) is 0 Å². The molecule has 0 radical (unpaired) electrons. The minimum Gasteiger partial charge on any atom is -0.466 e. The van der Waals surface area contributed by atoms with Gasteiger partial charge in [-0.1, -0.05) is 11.6 Å². The Labute approximate surface area is 136 Å². The Kier molecular flexibility index (Phi) is 3.57. The van der Waals surface area contributed by atoms with Gasteiger partial charge in [-0.3, -0.25) is 15.0 Å². The minimum absolute atomic E-state index is 0.265. The summed E-state index contributed by atoms with van der Waals surface area (Å²) in [7, 11) is 0. The number of hydrogen-bond donors (Lipinski definition) is 2. The van der Waals surface area contributed by atoms with E-state index >= 15 is 0 Å². The van der Waals surface area contributed by atoms with Crippen LogP contribution in [0, 0.1) is 0 Å². The highest BCUT2D eigenvalue weighted by molar-refractivity contribution is 6.30. The molecule has 1 unspecified atom stereocenters. The largest absolute Gasteiger partial charge is 0.466 e. The third kappa shape index (κ3) is 2.55. The highest BCUT2D eigenvalue weighted by atomic mass is 35.5. The first-order valence-electron chi connectivity index (χ1n) is 6.69. The molecule has 118 valence electrons. The fraction of sp³-hybridized carbons (Fsp3) is 0.133. The Hall–Kier alpha value is -2.80. The Morgan fingerprint density at radius 1 is 1.26 bits per heavy atom. The smallest absolute Gasteiger partial charge is 0.344 e. The first-order chi connectivity index (χ1) is 10.9. The average Bonchev–Trinajstić information content (AvgIpc) is 3.12. The number of hydrogen-bond acceptors (Lipinski definition) is 4. The summed E-state index contributed by atoms with van der Waals surface area (Å²) >= 11 is 5.76. The number of imide groups is 1. The number of benzene rings is 1. The Balaban J connectivity index is 1.81. The van der Waals surface area contributed by atoms with Gasteiger partial charge in [-0.2, -0.15) is 5.01 Å². The highest BCUT2D eigenvalue weighted by Crippen LogP contribution is 2.28. The molecule has 1 aliphatic rings. The Morgan fingerprint density at radius 2 is 1.96 bits per heavy atom. The van der Waals surface area contributed by atoms with Crippen molar-refractivity contribution in [2.75, 3.05) is 0 Å². The molecule has 0 aliphatic carbocycles. The van der Waals surface area contributed by atoms with Crippen LogP contribution in [0.2, 0.25) is 5.02 Å². The van der Waals surface area contributed by atoms with Crippen molar-refractivity contribution < 1.29 is 18.8 Å². The van der Waals surface area contributed by atoms with E-state index in [1.807, 2.05) is 0 Å². The van der Waals surface area contributed by atoms with Gasteiger partial charge >= 0.3 is 6.03 Å². The molecule has 1 saturated heterocycles. The number of rotatable bonds is 3. The van der Waals surface area contributed by atoms with Gasteiger partial charge in [-0.05, 0) is 43.3 Å². The number of carbonyl (C=O) groups is 3. The molecular weight excluding hydrogens is 322 g/mol. The van der Waals surface area contributed by atoms with Gasteiger partial charge in [0, 0.05) is 10.6 Å².